The Kier molecular flexibility index (Phi) is 3.12. The lowest BCUT2D eigenvalue weighted by molar-refractivity contribution is 0.184. The number of hydrogen-bond donors (Lipinski definition) is 2. The molecule has 1 unspecified atom stereocenters. The summed E-state index contributed by atoms with van der Waals surface area (Å²) >= 11 is 0. The number of hydrogen-bond acceptors (Lipinski definition) is 2. The topological polar surface area (TPSA) is 32.3 Å². The molecule has 0 radical (unpaired) electrons. The molecule has 72 valence electrons. The highest BCUT2D eigenvalue weighted by Gasteiger charge is 2.15. The summed E-state index contributed by atoms with van der Waals surface area (Å²) in [6.45, 7) is 0.554. The summed E-state index contributed by atoms with van der Waals surface area (Å²) in [5.41, 5.74) is 1.79. The molecule has 0 amide bonds. The maximum absolute atomic E-state index is 12.7. The van der Waals surface area contributed by atoms with E-state index in [2.05, 4.69) is 5.32 Å². The van der Waals surface area contributed by atoms with Crippen LogP contribution in [-0.4, -0.2) is 17.8 Å². The van der Waals surface area contributed by atoms with Gasteiger partial charge in [0.25, 0.3) is 0 Å². The molecule has 4 heteroatoms. The second-order valence-corrected chi connectivity index (χ2v) is 3.04. The summed E-state index contributed by atoms with van der Waals surface area (Å²) in [6.07, 6.45) is 0.152. The van der Waals surface area contributed by atoms with Gasteiger partial charge in [0.1, 0.15) is 5.82 Å². The molecule has 1 aliphatic rings. The fourth-order valence-corrected chi connectivity index (χ4v) is 1.46. The summed E-state index contributed by atoms with van der Waals surface area (Å²) in [4.78, 5) is 0. The van der Waals surface area contributed by atoms with Gasteiger partial charge >= 0.3 is 0 Å². The van der Waals surface area contributed by atoms with Crippen LogP contribution >= 0.6 is 12.4 Å². The number of aliphatic hydroxyl groups is 1. The van der Waals surface area contributed by atoms with E-state index in [-0.39, 0.29) is 24.3 Å². The molecule has 1 heterocycles. The Balaban J connectivity index is 0.000000845. The SMILES string of the molecule is Cl.OC1CNc2ccc(F)cc2C1. The van der Waals surface area contributed by atoms with Crippen LogP contribution in [-0.2, 0) is 6.42 Å². The lowest BCUT2D eigenvalue weighted by Crippen LogP contribution is -2.27. The van der Waals surface area contributed by atoms with Crippen molar-refractivity contribution in [1.82, 2.24) is 0 Å². The van der Waals surface area contributed by atoms with Crippen LogP contribution in [0.2, 0.25) is 0 Å². The third kappa shape index (κ3) is 2.11. The zero-order valence-corrected chi connectivity index (χ0v) is 7.77. The molecule has 13 heavy (non-hydrogen) atoms. The third-order valence-corrected chi connectivity index (χ3v) is 2.05. The first-order chi connectivity index (χ1) is 5.75. The highest BCUT2D eigenvalue weighted by atomic mass is 35.5. The summed E-state index contributed by atoms with van der Waals surface area (Å²) in [6, 6.07) is 4.59. The van der Waals surface area contributed by atoms with Crippen molar-refractivity contribution in [2.45, 2.75) is 12.5 Å². The molecule has 1 atom stereocenters. The largest absolute Gasteiger partial charge is 0.391 e. The molecular weight excluding hydrogens is 193 g/mol. The van der Waals surface area contributed by atoms with E-state index in [0.29, 0.717) is 13.0 Å². The van der Waals surface area contributed by atoms with E-state index in [4.69, 9.17) is 0 Å². The number of benzene rings is 1. The summed E-state index contributed by atoms with van der Waals surface area (Å²) in [7, 11) is 0. The number of aliphatic hydroxyl groups excluding tert-OH is 1. The minimum absolute atomic E-state index is 0. The number of β-amino-alcohol motifs (C(OH)–C–C–N with tert-alkyl or cyclic N) is 1. The molecule has 0 saturated carbocycles. The standard InChI is InChI=1S/C9H10FNO.ClH/c10-7-1-2-9-6(3-7)4-8(12)5-11-9;/h1-3,8,11-12H,4-5H2;1H. The highest BCUT2D eigenvalue weighted by molar-refractivity contribution is 5.85. The monoisotopic (exact) mass is 203 g/mol. The van der Waals surface area contributed by atoms with Crippen molar-refractivity contribution in [3.05, 3.63) is 29.6 Å². The number of fused-ring (bicyclic) bond motifs is 1. The van der Waals surface area contributed by atoms with Gasteiger partial charge in [-0.15, -0.1) is 12.4 Å². The van der Waals surface area contributed by atoms with Crippen LogP contribution in [0.3, 0.4) is 0 Å². The van der Waals surface area contributed by atoms with Crippen molar-refractivity contribution < 1.29 is 9.50 Å². The van der Waals surface area contributed by atoms with Gasteiger partial charge in [0.15, 0.2) is 0 Å². The Bertz CT molecular complexity index is 306. The maximum atomic E-state index is 12.7. The second-order valence-electron chi connectivity index (χ2n) is 3.04. The van der Waals surface area contributed by atoms with Crippen molar-refractivity contribution in [2.75, 3.05) is 11.9 Å². The average Bonchev–Trinajstić information content (AvgIpc) is 2.03. The summed E-state index contributed by atoms with van der Waals surface area (Å²) in [5, 5.41) is 12.3. The molecule has 2 rings (SSSR count). The molecular formula is C9H11ClFNO. The van der Waals surface area contributed by atoms with E-state index in [1.54, 1.807) is 6.07 Å². The third-order valence-electron chi connectivity index (χ3n) is 2.05. The Morgan fingerprint density at radius 2 is 2.23 bits per heavy atom. The van der Waals surface area contributed by atoms with Crippen molar-refractivity contribution in [3.63, 3.8) is 0 Å². The molecule has 1 aromatic carbocycles. The lowest BCUT2D eigenvalue weighted by Gasteiger charge is -2.22. The van der Waals surface area contributed by atoms with Crippen LogP contribution in [0.25, 0.3) is 0 Å². The first kappa shape index (κ1) is 10.3. The molecule has 0 aromatic heterocycles. The molecule has 0 saturated heterocycles. The number of halogens is 2. The van der Waals surface area contributed by atoms with Crippen LogP contribution in [0.4, 0.5) is 10.1 Å². The van der Waals surface area contributed by atoms with E-state index in [1.165, 1.54) is 12.1 Å². The highest BCUT2D eigenvalue weighted by Crippen LogP contribution is 2.22. The average molecular weight is 204 g/mol. The van der Waals surface area contributed by atoms with Crippen molar-refractivity contribution in [3.8, 4) is 0 Å². The van der Waals surface area contributed by atoms with E-state index in [1.807, 2.05) is 0 Å². The van der Waals surface area contributed by atoms with Gasteiger partial charge in [-0.25, -0.2) is 4.39 Å². The summed E-state index contributed by atoms with van der Waals surface area (Å²) in [5.74, 6) is -0.246. The van der Waals surface area contributed by atoms with Gasteiger partial charge in [-0.2, -0.15) is 0 Å². The van der Waals surface area contributed by atoms with E-state index < -0.39 is 0 Å². The molecule has 1 aromatic rings. The molecule has 0 fully saturated rings. The quantitative estimate of drug-likeness (QED) is 0.671. The van der Waals surface area contributed by atoms with Crippen LogP contribution < -0.4 is 5.32 Å². The van der Waals surface area contributed by atoms with Gasteiger partial charge in [-0.1, -0.05) is 0 Å². The predicted molar refractivity (Wildman–Crippen MR) is 51.8 cm³/mol. The Labute approximate surface area is 82.2 Å². The minimum Gasteiger partial charge on any atom is -0.391 e. The first-order valence-electron chi connectivity index (χ1n) is 3.96. The fourth-order valence-electron chi connectivity index (χ4n) is 1.46. The Morgan fingerprint density at radius 3 is 3.00 bits per heavy atom. The molecule has 1 aliphatic heterocycles. The Morgan fingerprint density at radius 1 is 1.46 bits per heavy atom. The van der Waals surface area contributed by atoms with Crippen LogP contribution in [0, 0.1) is 5.82 Å². The number of nitrogens with one attached hydrogen (secondary N) is 1. The summed E-state index contributed by atoms with van der Waals surface area (Å²) < 4.78 is 12.7. The second kappa shape index (κ2) is 3.94. The minimum atomic E-state index is -0.390. The fraction of sp³-hybridized carbons (Fsp3) is 0.333. The van der Waals surface area contributed by atoms with Crippen LogP contribution in [0.1, 0.15) is 5.56 Å². The zero-order valence-electron chi connectivity index (χ0n) is 6.96. The van der Waals surface area contributed by atoms with Gasteiger partial charge in [0, 0.05) is 18.7 Å². The van der Waals surface area contributed by atoms with Gasteiger partial charge in [-0.3, -0.25) is 0 Å². The van der Waals surface area contributed by atoms with Crippen molar-refractivity contribution in [1.29, 1.82) is 0 Å². The molecule has 0 bridgehead atoms. The molecule has 0 spiro atoms. The van der Waals surface area contributed by atoms with E-state index in [9.17, 15) is 9.50 Å². The van der Waals surface area contributed by atoms with Gasteiger partial charge in [-0.05, 0) is 23.8 Å². The van der Waals surface area contributed by atoms with Crippen molar-refractivity contribution in [2.24, 2.45) is 0 Å². The molecule has 2 nitrogen and oxygen atoms in total. The zero-order chi connectivity index (χ0) is 8.55. The van der Waals surface area contributed by atoms with Gasteiger partial charge in [0.2, 0.25) is 0 Å². The Hall–Kier alpha value is -0.800. The van der Waals surface area contributed by atoms with E-state index >= 15 is 0 Å². The van der Waals surface area contributed by atoms with E-state index in [0.717, 1.165) is 11.3 Å². The maximum Gasteiger partial charge on any atom is 0.123 e. The van der Waals surface area contributed by atoms with Gasteiger partial charge < -0.3 is 10.4 Å². The smallest absolute Gasteiger partial charge is 0.123 e. The van der Waals surface area contributed by atoms with Gasteiger partial charge in [0.05, 0.1) is 6.10 Å². The predicted octanol–water partition coefficient (Wildman–Crippen LogP) is 1.58. The lowest BCUT2D eigenvalue weighted by atomic mass is 10.0. The first-order valence-corrected chi connectivity index (χ1v) is 3.96. The molecule has 2 N–H and O–H groups in total. The number of rotatable bonds is 0. The van der Waals surface area contributed by atoms with Crippen LogP contribution in [0.5, 0.6) is 0 Å². The van der Waals surface area contributed by atoms with Crippen molar-refractivity contribution >= 4 is 18.1 Å². The molecule has 0 aliphatic carbocycles. The normalized spacial score (nSPS) is 19.7. The van der Waals surface area contributed by atoms with Crippen LogP contribution in [0.15, 0.2) is 18.2 Å². The number of anilines is 1.